The molecule has 0 aliphatic heterocycles. The number of aldehydes is 1. The average molecular weight is 237 g/mol. The van der Waals surface area contributed by atoms with E-state index in [2.05, 4.69) is 27.7 Å². The second kappa shape index (κ2) is 4.86. The Balaban J connectivity index is 3.12. The van der Waals surface area contributed by atoms with Crippen molar-refractivity contribution in [3.8, 4) is 0 Å². The quantitative estimate of drug-likeness (QED) is 0.750. The number of halogens is 1. The van der Waals surface area contributed by atoms with Crippen molar-refractivity contribution in [2.75, 3.05) is 11.9 Å². The molecule has 0 fully saturated rings. The van der Waals surface area contributed by atoms with Crippen LogP contribution < -0.4 is 4.90 Å². The molecule has 1 atom stereocenters. The molecule has 0 N–H and O–H groups in total. The van der Waals surface area contributed by atoms with Crippen LogP contribution in [-0.2, 0) is 0 Å². The molecule has 0 aliphatic rings. The molecule has 94 valence electrons. The molecule has 0 spiro atoms. The zero-order valence-corrected chi connectivity index (χ0v) is 11.1. The number of hydrogen-bond acceptors (Lipinski definition) is 2. The summed E-state index contributed by atoms with van der Waals surface area (Å²) in [7, 11) is 1.93. The summed E-state index contributed by atoms with van der Waals surface area (Å²) in [5, 5.41) is 0. The zero-order valence-electron chi connectivity index (χ0n) is 11.1. The first-order valence-corrected chi connectivity index (χ1v) is 5.75. The summed E-state index contributed by atoms with van der Waals surface area (Å²) in [5.41, 5.74) is 1.25. The van der Waals surface area contributed by atoms with Gasteiger partial charge in [-0.25, -0.2) is 4.39 Å². The van der Waals surface area contributed by atoms with E-state index in [1.807, 2.05) is 11.9 Å². The van der Waals surface area contributed by atoms with E-state index in [4.69, 9.17) is 0 Å². The minimum absolute atomic E-state index is 0.0866. The minimum atomic E-state index is -0.382. The first-order valence-electron chi connectivity index (χ1n) is 5.75. The Morgan fingerprint density at radius 1 is 1.35 bits per heavy atom. The van der Waals surface area contributed by atoms with Gasteiger partial charge in [0.2, 0.25) is 0 Å². The van der Waals surface area contributed by atoms with Crippen molar-refractivity contribution >= 4 is 12.0 Å². The van der Waals surface area contributed by atoms with Crippen LogP contribution in [0.5, 0.6) is 0 Å². The fraction of sp³-hybridized carbons (Fsp3) is 0.500. The lowest BCUT2D eigenvalue weighted by atomic mass is 9.86. The first-order chi connectivity index (χ1) is 7.77. The third-order valence-electron chi connectivity index (χ3n) is 3.33. The summed E-state index contributed by atoms with van der Waals surface area (Å²) >= 11 is 0. The molecule has 1 aromatic carbocycles. The van der Waals surface area contributed by atoms with Crippen LogP contribution >= 0.6 is 0 Å². The highest BCUT2D eigenvalue weighted by molar-refractivity contribution is 5.84. The van der Waals surface area contributed by atoms with Gasteiger partial charge in [-0.3, -0.25) is 4.79 Å². The molecule has 0 saturated heterocycles. The van der Waals surface area contributed by atoms with Crippen molar-refractivity contribution in [2.24, 2.45) is 5.41 Å². The van der Waals surface area contributed by atoms with Gasteiger partial charge in [0.25, 0.3) is 0 Å². The van der Waals surface area contributed by atoms with E-state index in [0.717, 1.165) is 5.69 Å². The monoisotopic (exact) mass is 237 g/mol. The van der Waals surface area contributed by atoms with Gasteiger partial charge in [0, 0.05) is 24.3 Å². The zero-order chi connectivity index (χ0) is 13.2. The van der Waals surface area contributed by atoms with Crippen molar-refractivity contribution in [1.82, 2.24) is 0 Å². The van der Waals surface area contributed by atoms with Crippen LogP contribution in [0.1, 0.15) is 38.1 Å². The van der Waals surface area contributed by atoms with E-state index in [9.17, 15) is 9.18 Å². The van der Waals surface area contributed by atoms with E-state index >= 15 is 0 Å². The first kappa shape index (κ1) is 13.7. The number of benzene rings is 1. The summed E-state index contributed by atoms with van der Waals surface area (Å²) in [6.07, 6.45) is 0.699. The smallest absolute Gasteiger partial charge is 0.152 e. The second-order valence-corrected chi connectivity index (χ2v) is 5.47. The van der Waals surface area contributed by atoms with Crippen LogP contribution in [0.15, 0.2) is 18.2 Å². The Hall–Kier alpha value is -1.38. The van der Waals surface area contributed by atoms with Gasteiger partial charge in [0.15, 0.2) is 6.29 Å². The van der Waals surface area contributed by atoms with Crippen molar-refractivity contribution in [2.45, 2.75) is 33.7 Å². The molecule has 0 radical (unpaired) electrons. The van der Waals surface area contributed by atoms with Gasteiger partial charge < -0.3 is 4.90 Å². The van der Waals surface area contributed by atoms with Gasteiger partial charge in [0.05, 0.1) is 0 Å². The Kier molecular flexibility index (Phi) is 3.91. The van der Waals surface area contributed by atoms with Gasteiger partial charge in [-0.05, 0) is 30.5 Å². The molecular weight excluding hydrogens is 217 g/mol. The molecule has 1 aromatic rings. The minimum Gasteiger partial charge on any atom is -0.371 e. The largest absolute Gasteiger partial charge is 0.371 e. The molecule has 0 aromatic heterocycles. The lowest BCUT2D eigenvalue weighted by Crippen LogP contribution is -2.39. The number of anilines is 1. The topological polar surface area (TPSA) is 20.3 Å². The molecule has 0 aliphatic carbocycles. The van der Waals surface area contributed by atoms with Gasteiger partial charge in [-0.1, -0.05) is 20.8 Å². The van der Waals surface area contributed by atoms with Crippen molar-refractivity contribution in [1.29, 1.82) is 0 Å². The van der Waals surface area contributed by atoms with E-state index in [1.165, 1.54) is 12.1 Å². The number of carbonyl (C=O) groups excluding carboxylic acids is 1. The maximum Gasteiger partial charge on any atom is 0.152 e. The number of nitrogens with zero attached hydrogens (tertiary/aromatic N) is 1. The number of carbonyl (C=O) groups is 1. The SMILES string of the molecule is CC(N(C)c1ccc(F)cc1C=O)C(C)(C)C. The van der Waals surface area contributed by atoms with E-state index in [-0.39, 0.29) is 17.3 Å². The summed E-state index contributed by atoms with van der Waals surface area (Å²) in [5.74, 6) is -0.382. The maximum absolute atomic E-state index is 13.1. The molecule has 2 nitrogen and oxygen atoms in total. The van der Waals surface area contributed by atoms with E-state index in [0.29, 0.717) is 11.8 Å². The summed E-state index contributed by atoms with van der Waals surface area (Å²) in [4.78, 5) is 13.0. The fourth-order valence-corrected chi connectivity index (χ4v) is 1.73. The standard InChI is InChI=1S/C14H20FNO/c1-10(14(2,3)4)16(5)13-7-6-12(15)8-11(13)9-17/h6-10H,1-5H3. The molecular formula is C14H20FNO. The number of rotatable bonds is 3. The normalized spacial score (nSPS) is 13.3. The third kappa shape index (κ3) is 3.05. The highest BCUT2D eigenvalue weighted by atomic mass is 19.1. The Bertz CT molecular complexity index is 409. The summed E-state index contributed by atoms with van der Waals surface area (Å²) < 4.78 is 13.1. The molecule has 0 heterocycles. The van der Waals surface area contributed by atoms with Gasteiger partial charge in [0.1, 0.15) is 5.82 Å². The highest BCUT2D eigenvalue weighted by Gasteiger charge is 2.25. The van der Waals surface area contributed by atoms with Crippen LogP contribution in [-0.4, -0.2) is 19.4 Å². The second-order valence-electron chi connectivity index (χ2n) is 5.47. The average Bonchev–Trinajstić information content (AvgIpc) is 2.25. The lowest BCUT2D eigenvalue weighted by molar-refractivity contribution is 0.112. The van der Waals surface area contributed by atoms with Crippen LogP contribution in [0.3, 0.4) is 0 Å². The van der Waals surface area contributed by atoms with E-state index < -0.39 is 0 Å². The van der Waals surface area contributed by atoms with Crippen molar-refractivity contribution < 1.29 is 9.18 Å². The van der Waals surface area contributed by atoms with E-state index in [1.54, 1.807) is 6.07 Å². The Labute approximate surface area is 102 Å². The molecule has 1 unspecified atom stereocenters. The molecule has 3 heteroatoms. The summed E-state index contributed by atoms with van der Waals surface area (Å²) in [6, 6.07) is 4.55. The Morgan fingerprint density at radius 2 is 1.94 bits per heavy atom. The lowest BCUT2D eigenvalue weighted by Gasteiger charge is -2.37. The summed E-state index contributed by atoms with van der Waals surface area (Å²) in [6.45, 7) is 8.51. The molecule has 0 amide bonds. The van der Waals surface area contributed by atoms with Gasteiger partial charge in [-0.15, -0.1) is 0 Å². The van der Waals surface area contributed by atoms with Crippen LogP contribution in [0.25, 0.3) is 0 Å². The van der Waals surface area contributed by atoms with Crippen LogP contribution in [0.4, 0.5) is 10.1 Å². The fourth-order valence-electron chi connectivity index (χ4n) is 1.73. The predicted octanol–water partition coefficient (Wildman–Crippen LogP) is 3.51. The predicted molar refractivity (Wildman–Crippen MR) is 69.1 cm³/mol. The van der Waals surface area contributed by atoms with Crippen LogP contribution in [0.2, 0.25) is 0 Å². The molecule has 0 saturated carbocycles. The molecule has 17 heavy (non-hydrogen) atoms. The Morgan fingerprint density at radius 3 is 2.41 bits per heavy atom. The molecule has 1 rings (SSSR count). The van der Waals surface area contributed by atoms with Crippen molar-refractivity contribution in [3.05, 3.63) is 29.6 Å². The van der Waals surface area contributed by atoms with Crippen LogP contribution in [0, 0.1) is 11.2 Å². The molecule has 0 bridgehead atoms. The highest BCUT2D eigenvalue weighted by Crippen LogP contribution is 2.29. The third-order valence-corrected chi connectivity index (χ3v) is 3.33. The van der Waals surface area contributed by atoms with Crippen molar-refractivity contribution in [3.63, 3.8) is 0 Å². The number of hydrogen-bond donors (Lipinski definition) is 0. The van der Waals surface area contributed by atoms with Gasteiger partial charge in [-0.2, -0.15) is 0 Å². The maximum atomic E-state index is 13.1. The van der Waals surface area contributed by atoms with Gasteiger partial charge >= 0.3 is 0 Å².